The molecule has 2 aliphatic rings. The Balaban J connectivity index is 1.33. The summed E-state index contributed by atoms with van der Waals surface area (Å²) in [6.07, 6.45) is 11.1. The minimum absolute atomic E-state index is 0.000581. The van der Waals surface area contributed by atoms with E-state index in [2.05, 4.69) is 22.7 Å². The van der Waals surface area contributed by atoms with E-state index in [0.717, 1.165) is 32.2 Å². The van der Waals surface area contributed by atoms with Crippen molar-refractivity contribution in [2.24, 2.45) is 11.8 Å². The van der Waals surface area contributed by atoms with Gasteiger partial charge in [0.15, 0.2) is 0 Å². The molecule has 150 valence electrons. The molecule has 2 fully saturated rings. The summed E-state index contributed by atoms with van der Waals surface area (Å²) in [6.45, 7) is 4.94. The molecule has 0 radical (unpaired) electrons. The number of nitrogens with one attached hydrogen (secondary N) is 2. The first-order valence-electron chi connectivity index (χ1n) is 10.4. The maximum absolute atomic E-state index is 12.4. The molecule has 7 heteroatoms. The van der Waals surface area contributed by atoms with Crippen LogP contribution in [-0.4, -0.2) is 52.3 Å². The van der Waals surface area contributed by atoms with Crippen LogP contribution in [0.5, 0.6) is 0 Å². The van der Waals surface area contributed by atoms with E-state index in [1.54, 1.807) is 6.20 Å². The van der Waals surface area contributed by atoms with Crippen LogP contribution < -0.4 is 10.6 Å². The lowest BCUT2D eigenvalue weighted by Gasteiger charge is -2.33. The third-order valence-electron chi connectivity index (χ3n) is 5.76. The predicted octanol–water partition coefficient (Wildman–Crippen LogP) is 2.39. The van der Waals surface area contributed by atoms with Crippen molar-refractivity contribution in [2.45, 2.75) is 64.5 Å². The van der Waals surface area contributed by atoms with Gasteiger partial charge in [-0.05, 0) is 37.7 Å². The van der Waals surface area contributed by atoms with Crippen molar-refractivity contribution in [3.05, 3.63) is 18.5 Å². The predicted molar refractivity (Wildman–Crippen MR) is 104 cm³/mol. The molecule has 1 aromatic heterocycles. The maximum atomic E-state index is 12.4. The Morgan fingerprint density at radius 3 is 2.56 bits per heavy atom. The highest BCUT2D eigenvalue weighted by Crippen LogP contribution is 2.24. The Bertz CT molecular complexity index is 590. The van der Waals surface area contributed by atoms with Gasteiger partial charge in [0.2, 0.25) is 5.91 Å². The number of urea groups is 1. The summed E-state index contributed by atoms with van der Waals surface area (Å²) in [5, 5.41) is 10.4. The molecule has 1 saturated heterocycles. The number of rotatable bonds is 6. The fraction of sp³-hybridized carbons (Fsp3) is 0.750. The monoisotopic (exact) mass is 375 g/mol. The molecule has 2 heterocycles. The third-order valence-corrected chi connectivity index (χ3v) is 5.76. The van der Waals surface area contributed by atoms with Crippen molar-refractivity contribution in [2.75, 3.05) is 19.6 Å². The molecule has 1 atom stereocenters. The van der Waals surface area contributed by atoms with Crippen LogP contribution in [0.2, 0.25) is 0 Å². The van der Waals surface area contributed by atoms with Gasteiger partial charge < -0.3 is 15.5 Å². The number of piperidine rings is 1. The van der Waals surface area contributed by atoms with Gasteiger partial charge >= 0.3 is 6.03 Å². The summed E-state index contributed by atoms with van der Waals surface area (Å²) in [4.78, 5) is 26.6. The molecule has 1 saturated carbocycles. The SMILES string of the molecule is CC(CNC(=O)N1CCC(NC(=O)C2CCCCC2)CC1)Cn1cccn1. The average molecular weight is 376 g/mol. The number of hydrogen-bond donors (Lipinski definition) is 2. The molecule has 1 aliphatic heterocycles. The molecule has 1 aromatic rings. The third kappa shape index (κ3) is 5.97. The first kappa shape index (κ1) is 19.7. The first-order valence-corrected chi connectivity index (χ1v) is 10.4. The van der Waals surface area contributed by atoms with Crippen molar-refractivity contribution in [1.29, 1.82) is 0 Å². The van der Waals surface area contributed by atoms with Crippen molar-refractivity contribution in [1.82, 2.24) is 25.3 Å². The van der Waals surface area contributed by atoms with Gasteiger partial charge in [0.1, 0.15) is 0 Å². The zero-order valence-electron chi connectivity index (χ0n) is 16.4. The van der Waals surface area contributed by atoms with E-state index in [9.17, 15) is 9.59 Å². The Morgan fingerprint density at radius 1 is 1.15 bits per heavy atom. The summed E-state index contributed by atoms with van der Waals surface area (Å²) >= 11 is 0. The highest BCUT2D eigenvalue weighted by atomic mass is 16.2. The fourth-order valence-corrected chi connectivity index (χ4v) is 4.08. The highest BCUT2D eigenvalue weighted by molar-refractivity contribution is 5.79. The second-order valence-corrected chi connectivity index (χ2v) is 8.12. The van der Waals surface area contributed by atoms with Crippen LogP contribution in [0.25, 0.3) is 0 Å². The second-order valence-electron chi connectivity index (χ2n) is 8.12. The number of carbonyl (C=O) groups is 2. The number of nitrogens with zero attached hydrogens (tertiary/aromatic N) is 3. The van der Waals surface area contributed by atoms with Crippen LogP contribution in [-0.2, 0) is 11.3 Å². The van der Waals surface area contributed by atoms with Gasteiger partial charge in [-0.3, -0.25) is 9.48 Å². The van der Waals surface area contributed by atoms with Crippen LogP contribution in [0.3, 0.4) is 0 Å². The lowest BCUT2D eigenvalue weighted by molar-refractivity contribution is -0.126. The fourth-order valence-electron chi connectivity index (χ4n) is 4.08. The topological polar surface area (TPSA) is 79.3 Å². The minimum atomic E-state index is -0.000581. The van der Waals surface area contributed by atoms with Gasteiger partial charge in [-0.25, -0.2) is 4.79 Å². The van der Waals surface area contributed by atoms with Crippen molar-refractivity contribution >= 4 is 11.9 Å². The van der Waals surface area contributed by atoms with Gasteiger partial charge in [0, 0.05) is 50.5 Å². The summed E-state index contributed by atoms with van der Waals surface area (Å²) in [7, 11) is 0. The average Bonchev–Trinajstić information content (AvgIpc) is 3.20. The van der Waals surface area contributed by atoms with Crippen molar-refractivity contribution in [3.8, 4) is 0 Å². The Morgan fingerprint density at radius 2 is 1.89 bits per heavy atom. The molecule has 1 unspecified atom stereocenters. The van der Waals surface area contributed by atoms with Crippen LogP contribution in [0.1, 0.15) is 51.9 Å². The first-order chi connectivity index (χ1) is 13.1. The molecule has 1 aliphatic carbocycles. The Hall–Kier alpha value is -2.05. The van der Waals surface area contributed by atoms with E-state index in [1.807, 2.05) is 21.8 Å². The largest absolute Gasteiger partial charge is 0.353 e. The van der Waals surface area contributed by atoms with E-state index in [4.69, 9.17) is 0 Å². The molecule has 27 heavy (non-hydrogen) atoms. The van der Waals surface area contributed by atoms with Gasteiger partial charge in [-0.1, -0.05) is 26.2 Å². The highest BCUT2D eigenvalue weighted by Gasteiger charge is 2.27. The molecule has 0 aromatic carbocycles. The Kier molecular flexibility index (Phi) is 7.12. The lowest BCUT2D eigenvalue weighted by Crippen LogP contribution is -2.50. The number of hydrogen-bond acceptors (Lipinski definition) is 3. The molecule has 0 spiro atoms. The standard InChI is InChI=1S/C20H33N5O2/c1-16(15-25-11-5-10-22-25)14-21-20(27)24-12-8-18(9-13-24)23-19(26)17-6-3-2-4-7-17/h5,10-11,16-18H,2-4,6-9,12-15H2,1H3,(H,21,27)(H,23,26). The molecular weight excluding hydrogens is 342 g/mol. The van der Waals surface area contributed by atoms with E-state index in [0.29, 0.717) is 25.6 Å². The van der Waals surface area contributed by atoms with Crippen LogP contribution in [0, 0.1) is 11.8 Å². The molecular formula is C20H33N5O2. The molecule has 7 nitrogen and oxygen atoms in total. The molecule has 2 N–H and O–H groups in total. The van der Waals surface area contributed by atoms with E-state index in [-0.39, 0.29) is 23.9 Å². The normalized spacial score (nSPS) is 20.3. The summed E-state index contributed by atoms with van der Waals surface area (Å²) in [6, 6.07) is 2.12. The quantitative estimate of drug-likeness (QED) is 0.801. The number of aromatic nitrogens is 2. The molecule has 3 amide bonds. The molecule has 0 bridgehead atoms. The van der Waals surface area contributed by atoms with Crippen LogP contribution >= 0.6 is 0 Å². The van der Waals surface area contributed by atoms with E-state index in [1.165, 1.54) is 19.3 Å². The zero-order valence-corrected chi connectivity index (χ0v) is 16.4. The van der Waals surface area contributed by atoms with Gasteiger partial charge in [-0.2, -0.15) is 5.10 Å². The minimum Gasteiger partial charge on any atom is -0.353 e. The Labute approximate surface area is 161 Å². The van der Waals surface area contributed by atoms with E-state index >= 15 is 0 Å². The lowest BCUT2D eigenvalue weighted by atomic mass is 9.88. The van der Waals surface area contributed by atoms with Crippen LogP contribution in [0.4, 0.5) is 4.79 Å². The smallest absolute Gasteiger partial charge is 0.317 e. The van der Waals surface area contributed by atoms with Crippen LogP contribution in [0.15, 0.2) is 18.5 Å². The summed E-state index contributed by atoms with van der Waals surface area (Å²) in [5.41, 5.74) is 0. The van der Waals surface area contributed by atoms with E-state index < -0.39 is 0 Å². The van der Waals surface area contributed by atoms with Gasteiger partial charge in [0.25, 0.3) is 0 Å². The van der Waals surface area contributed by atoms with Crippen molar-refractivity contribution in [3.63, 3.8) is 0 Å². The number of carbonyl (C=O) groups excluding carboxylic acids is 2. The van der Waals surface area contributed by atoms with Gasteiger partial charge in [-0.15, -0.1) is 0 Å². The number of likely N-dealkylation sites (tertiary alicyclic amines) is 1. The summed E-state index contributed by atoms with van der Waals surface area (Å²) in [5.74, 6) is 0.752. The van der Waals surface area contributed by atoms with Gasteiger partial charge in [0.05, 0.1) is 0 Å². The molecule has 3 rings (SSSR count). The second kappa shape index (κ2) is 9.76. The van der Waals surface area contributed by atoms with Crippen molar-refractivity contribution < 1.29 is 9.59 Å². The summed E-state index contributed by atoms with van der Waals surface area (Å²) < 4.78 is 1.89. The zero-order chi connectivity index (χ0) is 19.1. The maximum Gasteiger partial charge on any atom is 0.317 e. The number of amides is 3.